The van der Waals surface area contributed by atoms with Crippen molar-refractivity contribution < 1.29 is 29.2 Å². The van der Waals surface area contributed by atoms with E-state index in [2.05, 4.69) is 31.9 Å². The number of aliphatic hydroxyl groups is 2. The Balaban J connectivity index is 1.66. The van der Waals surface area contributed by atoms with Gasteiger partial charge in [-0.1, -0.05) is 92.5 Å². The Morgan fingerprint density at radius 3 is 2.00 bits per heavy atom. The van der Waals surface area contributed by atoms with E-state index in [0.717, 1.165) is 29.3 Å². The van der Waals surface area contributed by atoms with Crippen LogP contribution in [-0.2, 0) is 32.2 Å². The molecule has 0 aliphatic carbocycles. The van der Waals surface area contributed by atoms with Gasteiger partial charge in [-0.3, -0.25) is 0 Å². The fourth-order valence-electron chi connectivity index (χ4n) is 3.67. The van der Waals surface area contributed by atoms with Crippen LogP contribution in [-0.4, -0.2) is 64.3 Å². The van der Waals surface area contributed by atoms with Crippen LogP contribution in [0.4, 0.5) is 0 Å². The van der Waals surface area contributed by atoms with Gasteiger partial charge in [0, 0.05) is 16.8 Å². The predicted octanol–water partition coefficient (Wildman–Crippen LogP) is 4.19. The highest BCUT2D eigenvalue weighted by Crippen LogP contribution is 2.28. The second-order valence-corrected chi connectivity index (χ2v) is 9.95. The first-order valence-corrected chi connectivity index (χ1v) is 13.2. The molecule has 1 saturated heterocycles. The summed E-state index contributed by atoms with van der Waals surface area (Å²) in [5.74, 6) is 0. The smallest absolute Gasteiger partial charge is 0.186 e. The van der Waals surface area contributed by atoms with E-state index in [1.54, 1.807) is 0 Å². The normalized spacial score (nSPS) is 26.2. The summed E-state index contributed by atoms with van der Waals surface area (Å²) in [6, 6.07) is 19.4. The Morgan fingerprint density at radius 1 is 0.879 bits per heavy atom. The van der Waals surface area contributed by atoms with Crippen LogP contribution in [0.3, 0.4) is 0 Å². The number of aliphatic hydroxyl groups excluding tert-OH is 2. The fourth-order valence-corrected chi connectivity index (χ4v) is 4.32. The van der Waals surface area contributed by atoms with Gasteiger partial charge in [0.25, 0.3) is 0 Å². The Bertz CT molecular complexity index is 781. The largest absolute Gasteiger partial charge is 0.394 e. The molecule has 182 valence electrons. The van der Waals surface area contributed by atoms with Crippen molar-refractivity contribution >= 4 is 31.9 Å². The first-order chi connectivity index (χ1) is 16.1. The van der Waals surface area contributed by atoms with Crippen molar-refractivity contribution in [2.24, 2.45) is 0 Å². The lowest BCUT2D eigenvalue weighted by Gasteiger charge is -2.43. The van der Waals surface area contributed by atoms with Gasteiger partial charge >= 0.3 is 0 Å². The third kappa shape index (κ3) is 8.40. The van der Waals surface area contributed by atoms with E-state index >= 15 is 0 Å². The Kier molecular flexibility index (Phi) is 11.8. The lowest BCUT2D eigenvalue weighted by Crippen LogP contribution is -2.60. The van der Waals surface area contributed by atoms with Crippen molar-refractivity contribution in [1.29, 1.82) is 0 Å². The van der Waals surface area contributed by atoms with Gasteiger partial charge in [-0.05, 0) is 24.0 Å². The van der Waals surface area contributed by atoms with E-state index in [-0.39, 0.29) is 6.61 Å². The lowest BCUT2D eigenvalue weighted by atomic mass is 9.98. The summed E-state index contributed by atoms with van der Waals surface area (Å²) in [6.07, 6.45) is -2.32. The fraction of sp³-hybridized carbons (Fsp3) is 0.520. The van der Waals surface area contributed by atoms with E-state index in [1.807, 2.05) is 60.7 Å². The van der Waals surface area contributed by atoms with Crippen molar-refractivity contribution in [3.8, 4) is 0 Å². The third-order valence-electron chi connectivity index (χ3n) is 5.48. The highest BCUT2D eigenvalue weighted by molar-refractivity contribution is 9.12. The van der Waals surface area contributed by atoms with Crippen molar-refractivity contribution in [2.75, 3.05) is 18.5 Å². The summed E-state index contributed by atoms with van der Waals surface area (Å²) in [7, 11) is 0. The quantitative estimate of drug-likeness (QED) is 0.270. The summed E-state index contributed by atoms with van der Waals surface area (Å²) in [4.78, 5) is 0.366. The second kappa shape index (κ2) is 14.5. The van der Waals surface area contributed by atoms with Crippen LogP contribution in [0.1, 0.15) is 24.0 Å². The molecule has 6 nitrogen and oxygen atoms in total. The number of rotatable bonds is 13. The molecule has 0 radical (unpaired) electrons. The molecule has 0 aromatic heterocycles. The van der Waals surface area contributed by atoms with E-state index in [4.69, 9.17) is 18.9 Å². The minimum atomic E-state index is -1.03. The Morgan fingerprint density at radius 2 is 1.45 bits per heavy atom. The van der Waals surface area contributed by atoms with Gasteiger partial charge in [-0.2, -0.15) is 0 Å². The zero-order valence-corrected chi connectivity index (χ0v) is 21.6. The standard InChI is InChI=1S/C25H32Br2O6/c26-14-20(27)12-7-13-30-25-24(32-17-19-10-5-2-6-11-19)22(29)23(21(15-28)33-25)31-16-18-8-3-1-4-9-18/h1-6,8-11,20-25,28-29H,7,12-17H2/t20?,21-,22+,23-,24+,25+/m1/s1. The number of alkyl halides is 2. The molecular weight excluding hydrogens is 556 g/mol. The van der Waals surface area contributed by atoms with Gasteiger partial charge in [0.1, 0.15) is 24.4 Å². The molecule has 6 atom stereocenters. The van der Waals surface area contributed by atoms with Crippen LogP contribution in [0.25, 0.3) is 0 Å². The van der Waals surface area contributed by atoms with Crippen molar-refractivity contribution in [1.82, 2.24) is 0 Å². The van der Waals surface area contributed by atoms with Gasteiger partial charge in [-0.15, -0.1) is 0 Å². The van der Waals surface area contributed by atoms with Crippen LogP contribution < -0.4 is 0 Å². The van der Waals surface area contributed by atoms with Gasteiger partial charge in [-0.25, -0.2) is 0 Å². The predicted molar refractivity (Wildman–Crippen MR) is 133 cm³/mol. The van der Waals surface area contributed by atoms with E-state index in [9.17, 15) is 10.2 Å². The number of hydrogen-bond donors (Lipinski definition) is 2. The molecule has 0 amide bonds. The lowest BCUT2D eigenvalue weighted by molar-refractivity contribution is -0.319. The average Bonchev–Trinajstić information content (AvgIpc) is 2.86. The SMILES string of the molecule is OC[C@H]1O[C@H](OCCCC(Br)CBr)[C@@H](OCc2ccccc2)[C@@H](O)[C@@H]1OCc1ccccc1. The topological polar surface area (TPSA) is 77.4 Å². The van der Waals surface area contributed by atoms with Gasteiger partial charge < -0.3 is 29.2 Å². The molecule has 1 fully saturated rings. The van der Waals surface area contributed by atoms with E-state index in [1.165, 1.54) is 0 Å². The summed E-state index contributed by atoms with van der Waals surface area (Å²) >= 11 is 7.04. The minimum absolute atomic E-state index is 0.290. The highest BCUT2D eigenvalue weighted by Gasteiger charge is 2.47. The van der Waals surface area contributed by atoms with Gasteiger partial charge in [0.2, 0.25) is 0 Å². The molecule has 2 aromatic carbocycles. The molecule has 8 heteroatoms. The molecular formula is C25H32Br2O6. The van der Waals surface area contributed by atoms with Crippen molar-refractivity contribution in [3.05, 3.63) is 71.8 Å². The number of halogens is 2. The van der Waals surface area contributed by atoms with E-state index in [0.29, 0.717) is 24.6 Å². The molecule has 2 aromatic rings. The zero-order valence-electron chi connectivity index (χ0n) is 18.5. The van der Waals surface area contributed by atoms with Crippen LogP contribution in [0.2, 0.25) is 0 Å². The van der Waals surface area contributed by atoms with Crippen molar-refractivity contribution in [2.45, 2.75) is 61.6 Å². The number of benzene rings is 2. The first-order valence-electron chi connectivity index (χ1n) is 11.2. The van der Waals surface area contributed by atoms with Crippen LogP contribution in [0, 0.1) is 0 Å². The molecule has 2 N–H and O–H groups in total. The van der Waals surface area contributed by atoms with Crippen molar-refractivity contribution in [3.63, 3.8) is 0 Å². The number of ether oxygens (including phenoxy) is 4. The van der Waals surface area contributed by atoms with Crippen LogP contribution in [0.5, 0.6) is 0 Å². The molecule has 0 saturated carbocycles. The summed E-state index contributed by atoms with van der Waals surface area (Å²) in [5.41, 5.74) is 1.95. The van der Waals surface area contributed by atoms with Crippen LogP contribution >= 0.6 is 31.9 Å². The molecule has 1 aliphatic heterocycles. The molecule has 33 heavy (non-hydrogen) atoms. The maximum Gasteiger partial charge on any atom is 0.186 e. The molecule has 0 spiro atoms. The Labute approximate surface area is 212 Å². The first kappa shape index (κ1) is 26.8. The molecule has 1 heterocycles. The van der Waals surface area contributed by atoms with Gasteiger partial charge in [0.05, 0.1) is 19.8 Å². The molecule has 1 aliphatic rings. The summed E-state index contributed by atoms with van der Waals surface area (Å²) in [6.45, 7) is 0.743. The average molecular weight is 588 g/mol. The second-order valence-electron chi connectivity index (χ2n) is 8.00. The number of hydrogen-bond acceptors (Lipinski definition) is 6. The zero-order chi connectivity index (χ0) is 23.5. The van der Waals surface area contributed by atoms with Crippen LogP contribution in [0.15, 0.2) is 60.7 Å². The molecule has 3 rings (SSSR count). The molecule has 0 bridgehead atoms. The Hall–Kier alpha value is -0.840. The summed E-state index contributed by atoms with van der Waals surface area (Å²) in [5, 5.41) is 22.0. The monoisotopic (exact) mass is 586 g/mol. The van der Waals surface area contributed by atoms with Gasteiger partial charge in [0.15, 0.2) is 6.29 Å². The highest BCUT2D eigenvalue weighted by atomic mass is 79.9. The van der Waals surface area contributed by atoms with E-state index < -0.39 is 30.7 Å². The minimum Gasteiger partial charge on any atom is -0.394 e. The molecule has 1 unspecified atom stereocenters. The maximum absolute atomic E-state index is 11.2. The third-order valence-corrected chi connectivity index (χ3v) is 7.91. The summed E-state index contributed by atoms with van der Waals surface area (Å²) < 4.78 is 24.1. The maximum atomic E-state index is 11.2.